The second-order valence-electron chi connectivity index (χ2n) is 8.32. The van der Waals surface area contributed by atoms with Gasteiger partial charge in [0.2, 0.25) is 10.0 Å². The predicted octanol–water partition coefficient (Wildman–Crippen LogP) is 2.56. The topological polar surface area (TPSA) is 75.5 Å². The molecule has 1 aromatic carbocycles. The summed E-state index contributed by atoms with van der Waals surface area (Å²) < 4.78 is 27.6. The van der Waals surface area contributed by atoms with Crippen molar-refractivity contribution in [3.63, 3.8) is 0 Å². The zero-order valence-corrected chi connectivity index (χ0v) is 18.8. The van der Waals surface area contributed by atoms with Crippen LogP contribution < -0.4 is 0 Å². The Balaban J connectivity index is 1.56. The van der Waals surface area contributed by atoms with Gasteiger partial charge >= 0.3 is 0 Å². The predicted molar refractivity (Wildman–Crippen MR) is 116 cm³/mol. The summed E-state index contributed by atoms with van der Waals surface area (Å²) in [5.41, 5.74) is 4.96. The van der Waals surface area contributed by atoms with Gasteiger partial charge in [-0.25, -0.2) is 13.1 Å². The molecule has 1 fully saturated rings. The summed E-state index contributed by atoms with van der Waals surface area (Å²) >= 11 is 0. The highest BCUT2D eigenvalue weighted by molar-refractivity contribution is 7.88. The maximum Gasteiger partial charge on any atom is 0.274 e. The van der Waals surface area contributed by atoms with Gasteiger partial charge in [-0.05, 0) is 50.7 Å². The number of sulfonamides is 1. The Morgan fingerprint density at radius 2 is 1.90 bits per heavy atom. The van der Waals surface area contributed by atoms with Crippen LogP contribution >= 0.6 is 0 Å². The molecule has 1 amide bonds. The fourth-order valence-electron chi connectivity index (χ4n) is 4.88. The molecular formula is C22H30N4O3S. The second kappa shape index (κ2) is 8.15. The number of piperidine rings is 1. The van der Waals surface area contributed by atoms with Crippen LogP contribution in [0.4, 0.5) is 0 Å². The van der Waals surface area contributed by atoms with Crippen molar-refractivity contribution in [2.45, 2.75) is 52.0 Å². The van der Waals surface area contributed by atoms with E-state index in [4.69, 9.17) is 5.10 Å². The lowest BCUT2D eigenvalue weighted by molar-refractivity contribution is 0.0673. The van der Waals surface area contributed by atoms with Crippen LogP contribution in [0.1, 0.15) is 53.5 Å². The summed E-state index contributed by atoms with van der Waals surface area (Å²) in [5.74, 6) is -0.0265. The van der Waals surface area contributed by atoms with Crippen LogP contribution in [0.25, 0.3) is 5.69 Å². The third kappa shape index (κ3) is 3.78. The quantitative estimate of drug-likeness (QED) is 0.731. The number of benzene rings is 1. The fourth-order valence-corrected chi connectivity index (χ4v) is 6.10. The number of fused-ring (bicyclic) bond motifs is 1. The molecule has 1 aliphatic carbocycles. The van der Waals surface area contributed by atoms with E-state index in [1.54, 1.807) is 4.31 Å². The van der Waals surface area contributed by atoms with Crippen molar-refractivity contribution in [2.75, 3.05) is 25.9 Å². The van der Waals surface area contributed by atoms with Crippen molar-refractivity contribution in [1.29, 1.82) is 0 Å². The van der Waals surface area contributed by atoms with E-state index in [9.17, 15) is 13.2 Å². The smallest absolute Gasteiger partial charge is 0.274 e. The number of rotatable bonds is 5. The van der Waals surface area contributed by atoms with E-state index in [1.165, 1.54) is 6.26 Å². The summed E-state index contributed by atoms with van der Waals surface area (Å²) in [6.07, 6.45) is 5.44. The molecule has 1 aromatic heterocycles. The van der Waals surface area contributed by atoms with Gasteiger partial charge < -0.3 is 4.90 Å². The molecular weight excluding hydrogens is 400 g/mol. The summed E-state index contributed by atoms with van der Waals surface area (Å²) in [6, 6.07) is 8.08. The zero-order chi connectivity index (χ0) is 21.5. The minimum Gasteiger partial charge on any atom is -0.337 e. The first-order valence-electron chi connectivity index (χ1n) is 10.7. The van der Waals surface area contributed by atoms with Gasteiger partial charge in [-0.2, -0.15) is 9.40 Å². The molecule has 2 heterocycles. The zero-order valence-electron chi connectivity index (χ0n) is 18.0. The third-order valence-corrected chi connectivity index (χ3v) is 7.78. The van der Waals surface area contributed by atoms with Gasteiger partial charge in [0.05, 0.1) is 11.9 Å². The lowest BCUT2D eigenvalue weighted by Crippen LogP contribution is -2.48. The number of aryl methyl sites for hydroxylation is 1. The molecule has 0 radical (unpaired) electrons. The van der Waals surface area contributed by atoms with Crippen LogP contribution in [-0.4, -0.2) is 65.2 Å². The lowest BCUT2D eigenvalue weighted by atomic mass is 10.0. The van der Waals surface area contributed by atoms with Gasteiger partial charge in [0.15, 0.2) is 5.69 Å². The maximum atomic E-state index is 13.4. The first kappa shape index (κ1) is 21.1. The number of amides is 1. The number of aromatic nitrogens is 2. The Kier molecular flexibility index (Phi) is 5.72. The number of hydrogen-bond acceptors (Lipinski definition) is 4. The molecule has 0 atom stereocenters. The lowest BCUT2D eigenvalue weighted by Gasteiger charge is -2.36. The average molecular weight is 431 g/mol. The molecule has 2 aliphatic rings. The van der Waals surface area contributed by atoms with E-state index in [1.807, 2.05) is 34.7 Å². The highest BCUT2D eigenvalue weighted by Gasteiger charge is 2.34. The number of carbonyl (C=O) groups is 1. The molecule has 1 saturated heterocycles. The highest BCUT2D eigenvalue weighted by Crippen LogP contribution is 2.30. The van der Waals surface area contributed by atoms with Gasteiger partial charge in [-0.3, -0.25) is 4.79 Å². The van der Waals surface area contributed by atoms with Gasteiger partial charge in [0.1, 0.15) is 0 Å². The van der Waals surface area contributed by atoms with Crippen molar-refractivity contribution < 1.29 is 13.2 Å². The molecule has 4 rings (SSSR count). The molecule has 8 heteroatoms. The van der Waals surface area contributed by atoms with Crippen molar-refractivity contribution in [3.8, 4) is 5.69 Å². The van der Waals surface area contributed by atoms with E-state index in [0.717, 1.165) is 41.8 Å². The molecule has 0 bridgehead atoms. The SMILES string of the molecule is CCN(C1CCN(C(=O)c2nn(-c3ccccc3C)c3c2CCC3)CC1)S(C)(=O)=O. The molecule has 162 valence electrons. The van der Waals surface area contributed by atoms with Crippen molar-refractivity contribution in [3.05, 3.63) is 46.8 Å². The van der Waals surface area contributed by atoms with E-state index >= 15 is 0 Å². The minimum absolute atomic E-state index is 0.0265. The number of nitrogens with zero attached hydrogens (tertiary/aromatic N) is 4. The Bertz CT molecular complexity index is 1050. The van der Waals surface area contributed by atoms with Crippen LogP contribution in [0.2, 0.25) is 0 Å². The number of hydrogen-bond donors (Lipinski definition) is 0. The minimum atomic E-state index is -3.23. The van der Waals surface area contributed by atoms with Crippen molar-refractivity contribution >= 4 is 15.9 Å². The van der Waals surface area contributed by atoms with Crippen LogP contribution in [-0.2, 0) is 22.9 Å². The van der Waals surface area contributed by atoms with E-state index in [-0.39, 0.29) is 11.9 Å². The maximum absolute atomic E-state index is 13.4. The fraction of sp³-hybridized carbons (Fsp3) is 0.545. The summed E-state index contributed by atoms with van der Waals surface area (Å²) in [4.78, 5) is 15.2. The van der Waals surface area contributed by atoms with Crippen LogP contribution in [0.5, 0.6) is 0 Å². The Labute approximate surface area is 178 Å². The Morgan fingerprint density at radius 3 is 2.53 bits per heavy atom. The molecule has 0 unspecified atom stereocenters. The first-order chi connectivity index (χ1) is 14.3. The molecule has 7 nitrogen and oxygen atoms in total. The van der Waals surface area contributed by atoms with Crippen LogP contribution in [0.3, 0.4) is 0 Å². The van der Waals surface area contributed by atoms with Crippen LogP contribution in [0.15, 0.2) is 24.3 Å². The molecule has 30 heavy (non-hydrogen) atoms. The Morgan fingerprint density at radius 1 is 1.20 bits per heavy atom. The van der Waals surface area contributed by atoms with Crippen molar-refractivity contribution in [2.24, 2.45) is 0 Å². The molecule has 2 aromatic rings. The Hall–Kier alpha value is -2.19. The van der Waals surface area contributed by atoms with E-state index in [0.29, 0.717) is 38.2 Å². The average Bonchev–Trinajstić information content (AvgIpc) is 3.31. The van der Waals surface area contributed by atoms with Gasteiger partial charge in [-0.1, -0.05) is 25.1 Å². The number of carbonyl (C=O) groups excluding carboxylic acids is 1. The molecule has 0 spiro atoms. The highest BCUT2D eigenvalue weighted by atomic mass is 32.2. The monoisotopic (exact) mass is 430 g/mol. The second-order valence-corrected chi connectivity index (χ2v) is 10.3. The summed E-state index contributed by atoms with van der Waals surface area (Å²) in [7, 11) is -3.23. The molecule has 0 N–H and O–H groups in total. The van der Waals surface area contributed by atoms with E-state index < -0.39 is 10.0 Å². The first-order valence-corrected chi connectivity index (χ1v) is 12.6. The standard InChI is InChI=1S/C22H30N4O3S/c1-4-25(30(3,28)29)17-12-14-24(15-13-17)22(27)21-18-9-7-11-20(18)26(23-21)19-10-6-5-8-16(19)2/h5-6,8,10,17H,4,7,9,11-15H2,1-3H3. The third-order valence-electron chi connectivity index (χ3n) is 6.37. The van der Waals surface area contributed by atoms with Gasteiger partial charge in [0, 0.05) is 36.9 Å². The molecule has 0 saturated carbocycles. The van der Waals surface area contributed by atoms with Gasteiger partial charge in [-0.15, -0.1) is 0 Å². The van der Waals surface area contributed by atoms with Crippen molar-refractivity contribution in [1.82, 2.24) is 19.0 Å². The van der Waals surface area contributed by atoms with E-state index in [2.05, 4.69) is 13.0 Å². The normalized spacial score (nSPS) is 17.5. The number of likely N-dealkylation sites (tertiary alicyclic amines) is 1. The summed E-state index contributed by atoms with van der Waals surface area (Å²) in [6.45, 7) is 5.50. The summed E-state index contributed by atoms with van der Waals surface area (Å²) in [5, 5.41) is 4.77. The van der Waals surface area contributed by atoms with Crippen LogP contribution in [0, 0.1) is 6.92 Å². The van der Waals surface area contributed by atoms with Gasteiger partial charge in [0.25, 0.3) is 5.91 Å². The molecule has 1 aliphatic heterocycles. The number of para-hydroxylation sites is 1. The largest absolute Gasteiger partial charge is 0.337 e.